The van der Waals surface area contributed by atoms with Crippen molar-refractivity contribution in [3.63, 3.8) is 0 Å². The van der Waals surface area contributed by atoms with Crippen LogP contribution in [0.2, 0.25) is 0 Å². The van der Waals surface area contributed by atoms with Gasteiger partial charge in [-0.15, -0.1) is 0 Å². The lowest BCUT2D eigenvalue weighted by Crippen LogP contribution is -2.32. The van der Waals surface area contributed by atoms with Crippen LogP contribution in [0.4, 0.5) is 21.5 Å². The highest BCUT2D eigenvalue weighted by molar-refractivity contribution is 6.46. The molecular formula is C24H18FN3O4. The Bertz CT molecular complexity index is 1300. The van der Waals surface area contributed by atoms with Crippen LogP contribution in [-0.2, 0) is 9.59 Å². The van der Waals surface area contributed by atoms with Gasteiger partial charge in [0.05, 0.1) is 16.2 Å². The van der Waals surface area contributed by atoms with Crippen molar-refractivity contribution in [2.24, 2.45) is 0 Å². The molecule has 0 spiro atoms. The fourth-order valence-electron chi connectivity index (χ4n) is 3.53. The van der Waals surface area contributed by atoms with E-state index in [1.807, 2.05) is 26.0 Å². The third-order valence-electron chi connectivity index (χ3n) is 5.38. The van der Waals surface area contributed by atoms with Crippen molar-refractivity contribution in [2.45, 2.75) is 13.8 Å². The van der Waals surface area contributed by atoms with Crippen LogP contribution in [0.15, 0.2) is 72.4 Å². The molecule has 7 nitrogen and oxygen atoms in total. The molecule has 8 heteroatoms. The van der Waals surface area contributed by atoms with E-state index >= 15 is 0 Å². The number of anilines is 2. The Kier molecular flexibility index (Phi) is 5.28. The van der Waals surface area contributed by atoms with E-state index in [-0.39, 0.29) is 22.6 Å². The molecule has 160 valence electrons. The summed E-state index contributed by atoms with van der Waals surface area (Å²) in [5, 5.41) is 14.1. The number of nitro groups is 1. The largest absolute Gasteiger partial charge is 0.350 e. The number of rotatable bonds is 5. The maximum atomic E-state index is 13.8. The Morgan fingerprint density at radius 2 is 1.62 bits per heavy atom. The van der Waals surface area contributed by atoms with Gasteiger partial charge in [-0.2, -0.15) is 0 Å². The van der Waals surface area contributed by atoms with Gasteiger partial charge in [0, 0.05) is 17.8 Å². The highest BCUT2D eigenvalue weighted by atomic mass is 19.1. The fourth-order valence-corrected chi connectivity index (χ4v) is 3.53. The standard InChI is InChI=1S/C24H18FN3O4/c1-14-5-3-8-20(15(14)2)26-22-21(16-9-11-18(12-10-16)28(31)32)23(29)27(24(22)30)19-7-4-6-17(25)13-19/h3-13,26H,1-2H3. The Morgan fingerprint density at radius 1 is 0.938 bits per heavy atom. The molecule has 32 heavy (non-hydrogen) atoms. The first-order chi connectivity index (χ1) is 15.3. The van der Waals surface area contributed by atoms with Gasteiger partial charge in [-0.1, -0.05) is 18.2 Å². The predicted molar refractivity (Wildman–Crippen MR) is 118 cm³/mol. The molecule has 0 aromatic heterocycles. The number of benzene rings is 3. The third kappa shape index (κ3) is 3.62. The first-order valence-corrected chi connectivity index (χ1v) is 9.74. The minimum absolute atomic E-state index is 0.0156. The second-order valence-electron chi connectivity index (χ2n) is 7.35. The monoisotopic (exact) mass is 431 g/mol. The Hall–Kier alpha value is -4.33. The summed E-state index contributed by atoms with van der Waals surface area (Å²) >= 11 is 0. The van der Waals surface area contributed by atoms with Gasteiger partial charge >= 0.3 is 0 Å². The molecule has 1 heterocycles. The normalized spacial score (nSPS) is 13.7. The highest BCUT2D eigenvalue weighted by Crippen LogP contribution is 2.35. The van der Waals surface area contributed by atoms with Gasteiger partial charge in [0.2, 0.25) is 0 Å². The molecular weight excluding hydrogens is 413 g/mol. The SMILES string of the molecule is Cc1cccc(NC2=C(c3ccc([N+](=O)[O-])cc3)C(=O)N(c3cccc(F)c3)C2=O)c1C. The number of carbonyl (C=O) groups is 2. The van der Waals surface area contributed by atoms with Crippen molar-refractivity contribution in [3.8, 4) is 0 Å². The molecule has 0 aliphatic carbocycles. The minimum atomic E-state index is -0.651. The smallest absolute Gasteiger partial charge is 0.282 e. The topological polar surface area (TPSA) is 92.6 Å². The summed E-state index contributed by atoms with van der Waals surface area (Å²) in [5.74, 6) is -1.88. The van der Waals surface area contributed by atoms with E-state index in [9.17, 15) is 24.1 Å². The molecule has 1 N–H and O–H groups in total. The average Bonchev–Trinajstić information content (AvgIpc) is 3.01. The molecule has 0 fully saturated rings. The number of hydrogen-bond donors (Lipinski definition) is 1. The van der Waals surface area contributed by atoms with Crippen LogP contribution in [0.25, 0.3) is 5.57 Å². The Balaban J connectivity index is 1.85. The highest BCUT2D eigenvalue weighted by Gasteiger charge is 2.40. The van der Waals surface area contributed by atoms with Crippen LogP contribution < -0.4 is 10.2 Å². The summed E-state index contributed by atoms with van der Waals surface area (Å²) in [7, 11) is 0. The van der Waals surface area contributed by atoms with Crippen molar-refractivity contribution in [3.05, 3.63) is 105 Å². The molecule has 0 unspecified atom stereocenters. The number of nitrogens with one attached hydrogen (secondary N) is 1. The van der Waals surface area contributed by atoms with Crippen LogP contribution >= 0.6 is 0 Å². The van der Waals surface area contributed by atoms with E-state index in [1.165, 1.54) is 42.5 Å². The zero-order valence-corrected chi connectivity index (χ0v) is 17.3. The molecule has 0 atom stereocenters. The number of imide groups is 1. The first-order valence-electron chi connectivity index (χ1n) is 9.74. The minimum Gasteiger partial charge on any atom is -0.350 e. The maximum Gasteiger partial charge on any atom is 0.282 e. The quantitative estimate of drug-likeness (QED) is 0.358. The number of aryl methyl sites for hydroxylation is 1. The first kappa shape index (κ1) is 20.9. The molecule has 4 rings (SSSR count). The van der Waals surface area contributed by atoms with Crippen molar-refractivity contribution in [1.82, 2.24) is 0 Å². The fraction of sp³-hybridized carbons (Fsp3) is 0.0833. The van der Waals surface area contributed by atoms with Crippen molar-refractivity contribution in [2.75, 3.05) is 10.2 Å². The lowest BCUT2D eigenvalue weighted by molar-refractivity contribution is -0.384. The number of nitrogens with zero attached hydrogens (tertiary/aromatic N) is 2. The summed E-state index contributed by atoms with van der Waals surface area (Å²) in [5.41, 5.74) is 2.88. The number of non-ortho nitro benzene ring substituents is 1. The van der Waals surface area contributed by atoms with Crippen molar-refractivity contribution in [1.29, 1.82) is 0 Å². The van der Waals surface area contributed by atoms with Gasteiger partial charge in [-0.25, -0.2) is 9.29 Å². The van der Waals surface area contributed by atoms with Crippen LogP contribution in [0.5, 0.6) is 0 Å². The van der Waals surface area contributed by atoms with Gasteiger partial charge in [0.25, 0.3) is 17.5 Å². The van der Waals surface area contributed by atoms with Gasteiger partial charge in [0.1, 0.15) is 11.5 Å². The van der Waals surface area contributed by atoms with Crippen LogP contribution in [0, 0.1) is 29.8 Å². The van der Waals surface area contributed by atoms with E-state index in [2.05, 4.69) is 5.32 Å². The molecule has 1 aliphatic rings. The van der Waals surface area contributed by atoms with E-state index in [0.717, 1.165) is 22.1 Å². The summed E-state index contributed by atoms with van der Waals surface area (Å²) in [6.45, 7) is 3.81. The van der Waals surface area contributed by atoms with Crippen molar-refractivity contribution >= 4 is 34.4 Å². The lowest BCUT2D eigenvalue weighted by atomic mass is 10.0. The van der Waals surface area contributed by atoms with E-state index in [0.29, 0.717) is 11.3 Å². The molecule has 1 aliphatic heterocycles. The number of carbonyl (C=O) groups excluding carboxylic acids is 2. The Morgan fingerprint density at radius 3 is 2.28 bits per heavy atom. The van der Waals surface area contributed by atoms with Gasteiger partial charge in [-0.05, 0) is 66.9 Å². The summed E-state index contributed by atoms with van der Waals surface area (Å²) in [6.07, 6.45) is 0. The van der Waals surface area contributed by atoms with Gasteiger partial charge in [0.15, 0.2) is 0 Å². The van der Waals surface area contributed by atoms with Crippen LogP contribution in [0.1, 0.15) is 16.7 Å². The Labute approximate surface area is 182 Å². The van der Waals surface area contributed by atoms with Gasteiger partial charge < -0.3 is 5.32 Å². The zero-order chi connectivity index (χ0) is 23.0. The van der Waals surface area contributed by atoms with E-state index < -0.39 is 22.6 Å². The third-order valence-corrected chi connectivity index (χ3v) is 5.38. The molecule has 0 radical (unpaired) electrons. The number of nitro benzene ring substituents is 1. The lowest BCUT2D eigenvalue weighted by Gasteiger charge is -2.16. The number of hydrogen-bond acceptors (Lipinski definition) is 5. The molecule has 0 saturated heterocycles. The molecule has 0 saturated carbocycles. The molecule has 3 aromatic carbocycles. The summed E-state index contributed by atoms with van der Waals surface area (Å²) in [6, 6.07) is 16.1. The zero-order valence-electron chi connectivity index (χ0n) is 17.3. The maximum absolute atomic E-state index is 13.8. The predicted octanol–water partition coefficient (Wildman–Crippen LogP) is 4.75. The molecule has 2 amide bonds. The van der Waals surface area contributed by atoms with Crippen molar-refractivity contribution < 1.29 is 18.9 Å². The van der Waals surface area contributed by atoms with Crippen LogP contribution in [-0.4, -0.2) is 16.7 Å². The number of halogens is 1. The van der Waals surface area contributed by atoms with Gasteiger partial charge in [-0.3, -0.25) is 19.7 Å². The van der Waals surface area contributed by atoms with Crippen LogP contribution in [0.3, 0.4) is 0 Å². The van der Waals surface area contributed by atoms with E-state index in [1.54, 1.807) is 6.07 Å². The second kappa shape index (κ2) is 8.07. The molecule has 0 bridgehead atoms. The number of amides is 2. The second-order valence-corrected chi connectivity index (χ2v) is 7.35. The molecule has 3 aromatic rings. The van der Waals surface area contributed by atoms with E-state index in [4.69, 9.17) is 0 Å². The average molecular weight is 431 g/mol. The summed E-state index contributed by atoms with van der Waals surface area (Å²) in [4.78, 5) is 38.1. The summed E-state index contributed by atoms with van der Waals surface area (Å²) < 4.78 is 13.8.